The summed E-state index contributed by atoms with van der Waals surface area (Å²) in [6.07, 6.45) is 4.48. The smallest absolute Gasteiger partial charge is 0.407 e. The van der Waals surface area contributed by atoms with Gasteiger partial charge in [0.05, 0.1) is 29.0 Å². The Hall–Kier alpha value is -2.68. The molecule has 1 rings (SSSR count). The molecule has 0 aromatic heterocycles. The highest BCUT2D eigenvalue weighted by atomic mass is 32.2. The number of benzene rings is 1. The predicted octanol–water partition coefficient (Wildman–Crippen LogP) is 1.10. The van der Waals surface area contributed by atoms with Gasteiger partial charge in [0.15, 0.2) is 0 Å². The number of aliphatic hydroxyl groups is 1. The molecule has 0 bridgehead atoms. The van der Waals surface area contributed by atoms with E-state index in [0.29, 0.717) is 0 Å². The molecule has 11 heteroatoms. The summed E-state index contributed by atoms with van der Waals surface area (Å²) in [4.78, 5) is 21.6. The number of nitrogens with zero attached hydrogens (tertiary/aromatic N) is 2. The monoisotopic (exact) mass is 413 g/mol. The van der Waals surface area contributed by atoms with Crippen molar-refractivity contribution in [2.75, 3.05) is 19.7 Å². The zero-order chi connectivity index (χ0) is 21.5. The minimum absolute atomic E-state index is 0.232. The first-order valence-electron chi connectivity index (χ1n) is 8.20. The van der Waals surface area contributed by atoms with Crippen molar-refractivity contribution in [3.05, 3.63) is 34.4 Å². The molecule has 0 aliphatic rings. The number of amides is 1. The number of sulfonamides is 1. The van der Waals surface area contributed by atoms with Crippen LogP contribution in [0.4, 0.5) is 10.5 Å². The lowest BCUT2D eigenvalue weighted by molar-refractivity contribution is -0.384. The number of hydrogen-bond acceptors (Lipinski definition) is 7. The Labute approximate surface area is 163 Å². The van der Waals surface area contributed by atoms with E-state index in [4.69, 9.17) is 11.2 Å². The number of carbonyl (C=O) groups is 1. The Bertz CT molecular complexity index is 839. The van der Waals surface area contributed by atoms with Gasteiger partial charge in [0.2, 0.25) is 10.0 Å². The summed E-state index contributed by atoms with van der Waals surface area (Å²) >= 11 is 0. The summed E-state index contributed by atoms with van der Waals surface area (Å²) in [6, 6.07) is 3.19. The van der Waals surface area contributed by atoms with Crippen molar-refractivity contribution in [1.82, 2.24) is 9.62 Å². The standard InChI is InChI=1S/C17H23N3O7S/c1-5-10-19(14(12-21)11-18-16(22)27-17(2,3)4)28(25,26)15-8-6-13(7-9-15)20(23)24/h1,6-9,14,21H,10-12H2,2-4H3,(H,18,22). The second-order valence-electron chi connectivity index (χ2n) is 6.72. The number of nitro benzene ring substituents is 1. The van der Waals surface area contributed by atoms with Gasteiger partial charge in [-0.2, -0.15) is 4.31 Å². The molecule has 0 spiro atoms. The van der Waals surface area contributed by atoms with Crippen LogP contribution >= 0.6 is 0 Å². The average Bonchev–Trinajstić information content (AvgIpc) is 2.59. The van der Waals surface area contributed by atoms with Gasteiger partial charge in [-0.25, -0.2) is 13.2 Å². The van der Waals surface area contributed by atoms with Crippen LogP contribution in [-0.2, 0) is 14.8 Å². The van der Waals surface area contributed by atoms with Crippen LogP contribution in [0.1, 0.15) is 20.8 Å². The molecule has 28 heavy (non-hydrogen) atoms. The molecule has 0 fully saturated rings. The lowest BCUT2D eigenvalue weighted by Gasteiger charge is -2.28. The van der Waals surface area contributed by atoms with Crippen LogP contribution in [0.5, 0.6) is 0 Å². The van der Waals surface area contributed by atoms with E-state index in [2.05, 4.69) is 11.2 Å². The van der Waals surface area contributed by atoms with Crippen molar-refractivity contribution in [1.29, 1.82) is 0 Å². The molecule has 0 aliphatic carbocycles. The van der Waals surface area contributed by atoms with E-state index >= 15 is 0 Å². The number of rotatable bonds is 8. The molecule has 1 aromatic carbocycles. The number of non-ortho nitro benzene ring substituents is 1. The van der Waals surface area contributed by atoms with Gasteiger partial charge in [-0.3, -0.25) is 10.1 Å². The number of hydrogen-bond donors (Lipinski definition) is 2. The van der Waals surface area contributed by atoms with Gasteiger partial charge in [0.25, 0.3) is 5.69 Å². The number of carbonyl (C=O) groups excluding carboxylic acids is 1. The lowest BCUT2D eigenvalue weighted by atomic mass is 10.2. The summed E-state index contributed by atoms with van der Waals surface area (Å²) in [6.45, 7) is 3.75. The van der Waals surface area contributed by atoms with Gasteiger partial charge in [0.1, 0.15) is 5.60 Å². The summed E-state index contributed by atoms with van der Waals surface area (Å²) in [5, 5.41) is 22.8. The minimum atomic E-state index is -4.18. The van der Waals surface area contributed by atoms with E-state index in [1.54, 1.807) is 20.8 Å². The van der Waals surface area contributed by atoms with Crippen LogP contribution in [0.3, 0.4) is 0 Å². The third-order valence-corrected chi connectivity index (χ3v) is 5.31. The zero-order valence-corrected chi connectivity index (χ0v) is 16.6. The van der Waals surface area contributed by atoms with Crippen LogP contribution in [0.2, 0.25) is 0 Å². The van der Waals surface area contributed by atoms with Crippen molar-refractivity contribution in [2.24, 2.45) is 0 Å². The van der Waals surface area contributed by atoms with Crippen molar-refractivity contribution < 1.29 is 28.0 Å². The van der Waals surface area contributed by atoms with E-state index in [1.807, 2.05) is 0 Å². The molecule has 1 amide bonds. The molecular weight excluding hydrogens is 390 g/mol. The van der Waals surface area contributed by atoms with Gasteiger partial charge < -0.3 is 15.2 Å². The Balaban J connectivity index is 3.06. The molecule has 154 valence electrons. The molecule has 0 radical (unpaired) electrons. The van der Waals surface area contributed by atoms with Gasteiger partial charge in [-0.05, 0) is 32.9 Å². The van der Waals surface area contributed by atoms with Crippen molar-refractivity contribution in [3.8, 4) is 12.3 Å². The van der Waals surface area contributed by atoms with E-state index in [9.17, 15) is 28.4 Å². The number of terminal acetylenes is 1. The molecular formula is C17H23N3O7S. The van der Waals surface area contributed by atoms with E-state index in [-0.39, 0.29) is 23.7 Å². The second-order valence-corrected chi connectivity index (χ2v) is 8.62. The molecule has 0 aliphatic heterocycles. The zero-order valence-electron chi connectivity index (χ0n) is 15.8. The Morgan fingerprint density at radius 2 is 1.96 bits per heavy atom. The van der Waals surface area contributed by atoms with Crippen molar-refractivity contribution in [2.45, 2.75) is 37.3 Å². The molecule has 1 atom stereocenters. The van der Waals surface area contributed by atoms with E-state index in [0.717, 1.165) is 28.6 Å². The first-order valence-corrected chi connectivity index (χ1v) is 9.64. The van der Waals surface area contributed by atoms with Crippen LogP contribution in [0.25, 0.3) is 0 Å². The van der Waals surface area contributed by atoms with E-state index in [1.165, 1.54) is 0 Å². The maximum Gasteiger partial charge on any atom is 0.407 e. The highest BCUT2D eigenvalue weighted by molar-refractivity contribution is 7.89. The second kappa shape index (κ2) is 9.50. The fourth-order valence-corrected chi connectivity index (χ4v) is 3.68. The van der Waals surface area contributed by atoms with Crippen LogP contribution < -0.4 is 5.32 Å². The van der Waals surface area contributed by atoms with E-state index < -0.39 is 39.3 Å². The molecule has 0 saturated heterocycles. The van der Waals surface area contributed by atoms with Gasteiger partial charge in [-0.1, -0.05) is 5.92 Å². The van der Waals surface area contributed by atoms with Gasteiger partial charge in [0, 0.05) is 18.7 Å². The molecule has 2 N–H and O–H groups in total. The first-order chi connectivity index (χ1) is 12.9. The Morgan fingerprint density at radius 1 is 1.39 bits per heavy atom. The normalized spacial score (nSPS) is 12.9. The number of ether oxygens (including phenoxy) is 1. The average molecular weight is 413 g/mol. The number of aliphatic hydroxyl groups excluding tert-OH is 1. The molecule has 0 saturated carbocycles. The number of nitro groups is 1. The largest absolute Gasteiger partial charge is 0.444 e. The summed E-state index contributed by atoms with van der Waals surface area (Å²) in [5.41, 5.74) is -1.02. The summed E-state index contributed by atoms with van der Waals surface area (Å²) < 4.78 is 31.7. The molecule has 1 aromatic rings. The fraction of sp³-hybridized carbons (Fsp3) is 0.471. The third kappa shape index (κ3) is 6.49. The van der Waals surface area contributed by atoms with Crippen LogP contribution in [0, 0.1) is 22.5 Å². The SMILES string of the molecule is C#CCN(C(CO)CNC(=O)OC(C)(C)C)S(=O)(=O)c1ccc([N+](=O)[O-])cc1. The number of nitrogens with one attached hydrogen (secondary N) is 1. The number of alkyl carbamates (subject to hydrolysis) is 1. The minimum Gasteiger partial charge on any atom is -0.444 e. The summed E-state index contributed by atoms with van der Waals surface area (Å²) in [7, 11) is -4.18. The van der Waals surface area contributed by atoms with Crippen LogP contribution in [0.15, 0.2) is 29.2 Å². The van der Waals surface area contributed by atoms with Crippen molar-refractivity contribution in [3.63, 3.8) is 0 Å². The molecule has 1 unspecified atom stereocenters. The molecule has 10 nitrogen and oxygen atoms in total. The maximum atomic E-state index is 12.9. The van der Waals surface area contributed by atoms with Gasteiger partial charge >= 0.3 is 6.09 Å². The Morgan fingerprint density at radius 3 is 2.39 bits per heavy atom. The maximum absolute atomic E-state index is 12.9. The fourth-order valence-electron chi connectivity index (χ4n) is 2.15. The predicted molar refractivity (Wildman–Crippen MR) is 101 cm³/mol. The highest BCUT2D eigenvalue weighted by Crippen LogP contribution is 2.21. The van der Waals surface area contributed by atoms with Crippen LogP contribution in [-0.4, -0.2) is 60.2 Å². The first kappa shape index (κ1) is 23.4. The van der Waals surface area contributed by atoms with Gasteiger partial charge in [-0.15, -0.1) is 6.42 Å². The third-order valence-electron chi connectivity index (χ3n) is 3.40. The lowest BCUT2D eigenvalue weighted by Crippen LogP contribution is -2.49. The topological polar surface area (TPSA) is 139 Å². The molecule has 0 heterocycles. The Kier molecular flexibility index (Phi) is 7.92. The van der Waals surface area contributed by atoms with Crippen molar-refractivity contribution >= 4 is 21.8 Å². The quantitative estimate of drug-likeness (QED) is 0.370. The summed E-state index contributed by atoms with van der Waals surface area (Å²) in [5.74, 6) is 2.20. The highest BCUT2D eigenvalue weighted by Gasteiger charge is 2.31.